The number of fused-ring (bicyclic) bond motifs is 1. The van der Waals surface area contributed by atoms with Crippen molar-refractivity contribution in [1.29, 1.82) is 0 Å². The van der Waals surface area contributed by atoms with Gasteiger partial charge in [-0.25, -0.2) is 0 Å². The summed E-state index contributed by atoms with van der Waals surface area (Å²) in [7, 11) is 0. The molecule has 3 rings (SSSR count). The highest BCUT2D eigenvalue weighted by atomic mass is 35.5. The lowest BCUT2D eigenvalue weighted by atomic mass is 9.80. The first-order valence-electron chi connectivity index (χ1n) is 11.0. The van der Waals surface area contributed by atoms with Crippen LogP contribution in [0, 0.1) is 10.8 Å². The van der Waals surface area contributed by atoms with Crippen LogP contribution >= 0.6 is 12.4 Å². The third-order valence-corrected chi connectivity index (χ3v) is 5.47. The van der Waals surface area contributed by atoms with Crippen molar-refractivity contribution in [2.24, 2.45) is 16.6 Å². The maximum atomic E-state index is 12.9. The molecule has 178 valence electrons. The molecule has 5 nitrogen and oxygen atoms in total. The molecule has 0 saturated carbocycles. The fourth-order valence-electron chi connectivity index (χ4n) is 3.50. The van der Waals surface area contributed by atoms with Gasteiger partial charge < -0.3 is 15.2 Å². The Morgan fingerprint density at radius 3 is 2.03 bits per heavy atom. The number of rotatable bonds is 4. The Balaban J connectivity index is 0.00000385. The van der Waals surface area contributed by atoms with Gasteiger partial charge in [0.05, 0.1) is 10.8 Å². The van der Waals surface area contributed by atoms with Crippen molar-refractivity contribution in [1.82, 2.24) is 0 Å². The summed E-state index contributed by atoms with van der Waals surface area (Å²) in [6.45, 7) is 11.1. The molecular formula is C27H34ClNO4. The summed E-state index contributed by atoms with van der Waals surface area (Å²) >= 11 is 0. The molecule has 2 N–H and O–H groups in total. The molecule has 2 aromatic carbocycles. The topological polar surface area (TPSA) is 78.6 Å². The van der Waals surface area contributed by atoms with Crippen LogP contribution in [0.3, 0.4) is 0 Å². The van der Waals surface area contributed by atoms with Crippen LogP contribution in [0.1, 0.15) is 64.2 Å². The number of carbonyl (C=O) groups excluding carboxylic acids is 2. The molecule has 0 aliphatic heterocycles. The number of ether oxygens (including phenoxy) is 2. The van der Waals surface area contributed by atoms with E-state index in [4.69, 9.17) is 15.2 Å². The molecule has 0 aromatic heterocycles. The summed E-state index contributed by atoms with van der Waals surface area (Å²) in [6, 6.07) is 13.7. The van der Waals surface area contributed by atoms with Gasteiger partial charge in [-0.1, -0.05) is 42.5 Å². The zero-order valence-corrected chi connectivity index (χ0v) is 21.0. The fourth-order valence-corrected chi connectivity index (χ4v) is 3.50. The van der Waals surface area contributed by atoms with Crippen LogP contribution in [0.2, 0.25) is 0 Å². The van der Waals surface area contributed by atoms with Crippen LogP contribution in [-0.2, 0) is 16.0 Å². The zero-order chi connectivity index (χ0) is 23.7. The Morgan fingerprint density at radius 1 is 0.909 bits per heavy atom. The number of esters is 2. The van der Waals surface area contributed by atoms with E-state index in [0.29, 0.717) is 18.7 Å². The van der Waals surface area contributed by atoms with Gasteiger partial charge in [0, 0.05) is 18.0 Å². The molecule has 0 bridgehead atoms. The third-order valence-electron chi connectivity index (χ3n) is 5.47. The average Bonchev–Trinajstić information content (AvgIpc) is 2.73. The SMILES string of the molecule is CC(C)(C)C(=O)Oc1ccc2c(c1OC(=O)C(C)(C)C)CC(c1ccccc1)C=C2CN.Cl. The monoisotopic (exact) mass is 471 g/mol. The van der Waals surface area contributed by atoms with Crippen molar-refractivity contribution in [3.8, 4) is 11.5 Å². The summed E-state index contributed by atoms with van der Waals surface area (Å²) in [5.74, 6) is -0.149. The molecule has 1 atom stereocenters. The fraction of sp³-hybridized carbons (Fsp3) is 0.407. The largest absolute Gasteiger partial charge is 0.422 e. The van der Waals surface area contributed by atoms with Gasteiger partial charge in [-0.15, -0.1) is 12.4 Å². The van der Waals surface area contributed by atoms with Crippen molar-refractivity contribution in [3.63, 3.8) is 0 Å². The number of hydrogen-bond acceptors (Lipinski definition) is 5. The number of allylic oxidation sites excluding steroid dienone is 1. The van der Waals surface area contributed by atoms with Gasteiger partial charge >= 0.3 is 11.9 Å². The Kier molecular flexibility index (Phi) is 8.15. The van der Waals surface area contributed by atoms with E-state index in [1.54, 1.807) is 47.6 Å². The summed E-state index contributed by atoms with van der Waals surface area (Å²) in [5.41, 5.74) is 8.56. The predicted molar refractivity (Wildman–Crippen MR) is 134 cm³/mol. The lowest BCUT2D eigenvalue weighted by molar-refractivity contribution is -0.145. The molecule has 0 spiro atoms. The van der Waals surface area contributed by atoms with E-state index in [-0.39, 0.29) is 30.0 Å². The van der Waals surface area contributed by atoms with E-state index in [2.05, 4.69) is 18.2 Å². The van der Waals surface area contributed by atoms with Crippen LogP contribution in [0.25, 0.3) is 5.57 Å². The van der Waals surface area contributed by atoms with Gasteiger partial charge in [-0.05, 0) is 70.7 Å². The van der Waals surface area contributed by atoms with E-state index in [1.807, 2.05) is 24.3 Å². The van der Waals surface area contributed by atoms with Crippen molar-refractivity contribution in [2.75, 3.05) is 6.54 Å². The third kappa shape index (κ3) is 6.04. The number of halogens is 1. The van der Waals surface area contributed by atoms with E-state index in [1.165, 1.54) is 0 Å². The highest BCUT2D eigenvalue weighted by Crippen LogP contribution is 2.44. The minimum absolute atomic E-state index is 0. The van der Waals surface area contributed by atoms with Gasteiger partial charge in [0.25, 0.3) is 0 Å². The van der Waals surface area contributed by atoms with Crippen molar-refractivity contribution < 1.29 is 19.1 Å². The highest BCUT2D eigenvalue weighted by Gasteiger charge is 2.32. The van der Waals surface area contributed by atoms with Gasteiger partial charge in [-0.2, -0.15) is 0 Å². The molecule has 1 aliphatic carbocycles. The average molecular weight is 472 g/mol. The molecule has 0 heterocycles. The second-order valence-electron chi connectivity index (χ2n) is 10.3. The van der Waals surface area contributed by atoms with Crippen LogP contribution in [0.15, 0.2) is 48.5 Å². The second kappa shape index (κ2) is 10.1. The van der Waals surface area contributed by atoms with E-state index < -0.39 is 16.8 Å². The minimum Gasteiger partial charge on any atom is -0.422 e. The van der Waals surface area contributed by atoms with Crippen molar-refractivity contribution >= 4 is 29.9 Å². The molecule has 1 aliphatic rings. The zero-order valence-electron chi connectivity index (χ0n) is 20.2. The second-order valence-corrected chi connectivity index (χ2v) is 10.3. The lowest BCUT2D eigenvalue weighted by Crippen LogP contribution is -2.29. The van der Waals surface area contributed by atoms with E-state index >= 15 is 0 Å². The van der Waals surface area contributed by atoms with Crippen molar-refractivity contribution in [3.05, 3.63) is 65.2 Å². The van der Waals surface area contributed by atoms with Crippen LogP contribution in [0.5, 0.6) is 11.5 Å². The van der Waals surface area contributed by atoms with Crippen molar-refractivity contribution in [2.45, 2.75) is 53.9 Å². The summed E-state index contributed by atoms with van der Waals surface area (Å²) in [5, 5.41) is 0. The van der Waals surface area contributed by atoms with Gasteiger partial charge in [-0.3, -0.25) is 9.59 Å². The number of hydrogen-bond donors (Lipinski definition) is 1. The molecule has 6 heteroatoms. The smallest absolute Gasteiger partial charge is 0.316 e. The Labute approximate surface area is 202 Å². The summed E-state index contributed by atoms with van der Waals surface area (Å²) in [4.78, 5) is 25.5. The summed E-state index contributed by atoms with van der Waals surface area (Å²) in [6.07, 6.45) is 2.78. The normalized spacial score (nSPS) is 15.6. The maximum absolute atomic E-state index is 12.9. The molecule has 2 aromatic rings. The standard InChI is InChI=1S/C27H33NO4.ClH/c1-26(2,3)24(29)31-22-13-12-20-19(16-28)14-18(17-10-8-7-9-11-17)15-21(20)23(22)32-25(30)27(4,5)6;/h7-14,18H,15-16,28H2,1-6H3;1H. The Bertz CT molecular complexity index is 1050. The van der Waals surface area contributed by atoms with E-state index in [9.17, 15) is 9.59 Å². The molecular weight excluding hydrogens is 438 g/mol. The van der Waals surface area contributed by atoms with Crippen LogP contribution in [-0.4, -0.2) is 18.5 Å². The first-order valence-corrected chi connectivity index (χ1v) is 11.0. The lowest BCUT2D eigenvalue weighted by Gasteiger charge is -2.28. The van der Waals surface area contributed by atoms with E-state index in [0.717, 1.165) is 22.3 Å². The molecule has 33 heavy (non-hydrogen) atoms. The van der Waals surface area contributed by atoms with Gasteiger partial charge in [0.15, 0.2) is 11.5 Å². The van der Waals surface area contributed by atoms with Crippen LogP contribution in [0.4, 0.5) is 0 Å². The number of carbonyl (C=O) groups is 2. The van der Waals surface area contributed by atoms with Gasteiger partial charge in [0.1, 0.15) is 0 Å². The molecule has 0 fully saturated rings. The maximum Gasteiger partial charge on any atom is 0.316 e. The quantitative estimate of drug-likeness (QED) is 0.457. The minimum atomic E-state index is -0.714. The Hall–Kier alpha value is -2.63. The molecule has 0 saturated heterocycles. The first-order chi connectivity index (χ1) is 14.9. The van der Waals surface area contributed by atoms with Gasteiger partial charge in [0.2, 0.25) is 0 Å². The summed E-state index contributed by atoms with van der Waals surface area (Å²) < 4.78 is 11.6. The number of benzene rings is 2. The predicted octanol–water partition coefficient (Wildman–Crippen LogP) is 5.69. The molecule has 0 radical (unpaired) electrons. The molecule has 1 unspecified atom stereocenters. The van der Waals surface area contributed by atoms with Crippen LogP contribution < -0.4 is 15.2 Å². The Morgan fingerprint density at radius 2 is 1.48 bits per heavy atom. The number of nitrogens with two attached hydrogens (primary N) is 1. The highest BCUT2D eigenvalue weighted by molar-refractivity contribution is 5.85. The molecule has 0 amide bonds. The first kappa shape index (κ1) is 26.6.